The van der Waals surface area contributed by atoms with Crippen LogP contribution in [0.1, 0.15) is 5.56 Å². The molecule has 0 aromatic heterocycles. The lowest BCUT2D eigenvalue weighted by molar-refractivity contribution is 0.169. The molecule has 0 spiro atoms. The van der Waals surface area contributed by atoms with Gasteiger partial charge >= 0.3 is 8.80 Å². The largest absolute Gasteiger partial charge is 0.533 e. The molecule has 3 nitrogen and oxygen atoms in total. The van der Waals surface area contributed by atoms with Gasteiger partial charge in [-0.3, -0.25) is 0 Å². The molecule has 0 atom stereocenters. The summed E-state index contributed by atoms with van der Waals surface area (Å²) in [4.78, 5) is 9.89. The first-order valence-electron chi connectivity index (χ1n) is 4.02. The first-order chi connectivity index (χ1) is 6.12. The van der Waals surface area contributed by atoms with E-state index in [1.165, 1.54) is 14.2 Å². The molecular formula is C9H14O3Si. The maximum absolute atomic E-state index is 9.89. The molecule has 0 heterocycles. The van der Waals surface area contributed by atoms with Crippen molar-refractivity contribution >= 4 is 14.0 Å². The van der Waals surface area contributed by atoms with Crippen LogP contribution in [-0.2, 0) is 8.85 Å². The molecule has 1 N–H and O–H groups in total. The van der Waals surface area contributed by atoms with Gasteiger partial charge in [-0.1, -0.05) is 29.8 Å². The Morgan fingerprint density at radius 1 is 1.08 bits per heavy atom. The molecular weight excluding hydrogens is 184 g/mol. The van der Waals surface area contributed by atoms with Crippen molar-refractivity contribution in [1.82, 2.24) is 0 Å². The number of benzene rings is 1. The van der Waals surface area contributed by atoms with E-state index < -0.39 is 8.80 Å². The van der Waals surface area contributed by atoms with Gasteiger partial charge in [0.1, 0.15) is 0 Å². The minimum Gasteiger partial charge on any atom is -0.386 e. The number of aryl methyl sites for hydroxylation is 1. The van der Waals surface area contributed by atoms with E-state index >= 15 is 0 Å². The lowest BCUT2D eigenvalue weighted by Crippen LogP contribution is -2.52. The van der Waals surface area contributed by atoms with Crippen molar-refractivity contribution in [1.29, 1.82) is 0 Å². The Balaban J connectivity index is 2.99. The highest BCUT2D eigenvalue weighted by molar-refractivity contribution is 6.74. The van der Waals surface area contributed by atoms with Crippen molar-refractivity contribution in [2.75, 3.05) is 14.2 Å². The Morgan fingerprint density at radius 2 is 1.54 bits per heavy atom. The minimum absolute atomic E-state index is 0.725. The van der Waals surface area contributed by atoms with Gasteiger partial charge in [0.2, 0.25) is 0 Å². The molecule has 0 unspecified atom stereocenters. The molecule has 0 aliphatic carbocycles. The Hall–Kier alpha value is -0.683. The molecule has 0 amide bonds. The summed E-state index contributed by atoms with van der Waals surface area (Å²) in [7, 11) is -0.188. The molecule has 1 aromatic rings. The monoisotopic (exact) mass is 198 g/mol. The Bertz CT molecular complexity index is 267. The summed E-state index contributed by atoms with van der Waals surface area (Å²) in [5.41, 5.74) is 1.15. The number of rotatable bonds is 3. The highest BCUT2D eigenvalue weighted by Crippen LogP contribution is 2.02. The van der Waals surface area contributed by atoms with E-state index in [2.05, 4.69) is 0 Å². The summed E-state index contributed by atoms with van der Waals surface area (Å²) in [6.07, 6.45) is 0. The molecule has 0 saturated heterocycles. The van der Waals surface area contributed by atoms with Crippen LogP contribution in [0.2, 0.25) is 0 Å². The van der Waals surface area contributed by atoms with Crippen molar-refractivity contribution in [3.8, 4) is 0 Å². The summed E-state index contributed by atoms with van der Waals surface area (Å²) >= 11 is 0. The fourth-order valence-electron chi connectivity index (χ4n) is 1.08. The van der Waals surface area contributed by atoms with Gasteiger partial charge in [0.25, 0.3) is 0 Å². The highest BCUT2D eigenvalue weighted by atomic mass is 28.4. The van der Waals surface area contributed by atoms with E-state index in [1.807, 2.05) is 31.2 Å². The van der Waals surface area contributed by atoms with Gasteiger partial charge < -0.3 is 13.6 Å². The SMILES string of the molecule is CO[Si](O)(OC)c1ccc(C)cc1. The van der Waals surface area contributed by atoms with Crippen molar-refractivity contribution in [2.24, 2.45) is 0 Å². The molecule has 72 valence electrons. The van der Waals surface area contributed by atoms with Crippen LogP contribution in [0.3, 0.4) is 0 Å². The van der Waals surface area contributed by atoms with Gasteiger partial charge in [0.15, 0.2) is 0 Å². The van der Waals surface area contributed by atoms with Crippen LogP contribution >= 0.6 is 0 Å². The third-order valence-corrected chi connectivity index (χ3v) is 4.14. The van der Waals surface area contributed by atoms with Crippen LogP contribution in [-0.4, -0.2) is 27.8 Å². The molecule has 0 saturated carbocycles. The lowest BCUT2D eigenvalue weighted by atomic mass is 10.2. The van der Waals surface area contributed by atoms with Crippen LogP contribution in [0.4, 0.5) is 0 Å². The van der Waals surface area contributed by atoms with Crippen molar-refractivity contribution < 1.29 is 13.6 Å². The lowest BCUT2D eigenvalue weighted by Gasteiger charge is -2.19. The molecule has 0 aliphatic rings. The van der Waals surface area contributed by atoms with E-state index in [0.29, 0.717) is 0 Å². The number of hydrogen-bond acceptors (Lipinski definition) is 3. The van der Waals surface area contributed by atoms with Gasteiger partial charge in [-0.05, 0) is 6.92 Å². The fourth-order valence-corrected chi connectivity index (χ4v) is 2.31. The summed E-state index contributed by atoms with van der Waals surface area (Å²) in [5, 5.41) is 0.725. The molecule has 0 bridgehead atoms. The van der Waals surface area contributed by atoms with E-state index in [4.69, 9.17) is 8.85 Å². The van der Waals surface area contributed by atoms with Crippen LogP contribution in [0.5, 0.6) is 0 Å². The van der Waals surface area contributed by atoms with Gasteiger partial charge in [0.05, 0.1) is 0 Å². The van der Waals surface area contributed by atoms with E-state index in [-0.39, 0.29) is 0 Å². The van der Waals surface area contributed by atoms with Crippen LogP contribution < -0.4 is 5.19 Å². The zero-order valence-corrected chi connectivity index (χ0v) is 9.07. The first-order valence-corrected chi connectivity index (χ1v) is 5.78. The zero-order valence-electron chi connectivity index (χ0n) is 8.07. The molecule has 0 aliphatic heterocycles. The average molecular weight is 198 g/mol. The second-order valence-corrected chi connectivity index (χ2v) is 5.41. The predicted molar refractivity (Wildman–Crippen MR) is 52.8 cm³/mol. The summed E-state index contributed by atoms with van der Waals surface area (Å²) in [6, 6.07) is 7.50. The smallest absolute Gasteiger partial charge is 0.386 e. The van der Waals surface area contributed by atoms with Gasteiger partial charge in [-0.15, -0.1) is 0 Å². The van der Waals surface area contributed by atoms with Crippen molar-refractivity contribution in [2.45, 2.75) is 6.92 Å². The maximum Gasteiger partial charge on any atom is 0.533 e. The van der Waals surface area contributed by atoms with E-state index in [1.54, 1.807) is 0 Å². The standard InChI is InChI=1S/C9H14O3Si/c1-8-4-6-9(7-5-8)13(10,11-2)12-3/h4-7,10H,1-3H3. The molecule has 0 radical (unpaired) electrons. The first kappa shape index (κ1) is 10.4. The van der Waals surface area contributed by atoms with Gasteiger partial charge in [-0.25, -0.2) is 0 Å². The van der Waals surface area contributed by atoms with Crippen LogP contribution in [0, 0.1) is 6.92 Å². The zero-order chi connectivity index (χ0) is 9.90. The third kappa shape index (κ3) is 2.16. The Morgan fingerprint density at radius 3 is 1.92 bits per heavy atom. The molecule has 1 aromatic carbocycles. The maximum atomic E-state index is 9.89. The highest BCUT2D eigenvalue weighted by Gasteiger charge is 2.36. The van der Waals surface area contributed by atoms with Crippen LogP contribution in [0.25, 0.3) is 0 Å². The van der Waals surface area contributed by atoms with E-state index in [9.17, 15) is 4.80 Å². The van der Waals surface area contributed by atoms with E-state index in [0.717, 1.165) is 10.8 Å². The minimum atomic E-state index is -3.10. The van der Waals surface area contributed by atoms with Crippen molar-refractivity contribution in [3.63, 3.8) is 0 Å². The van der Waals surface area contributed by atoms with Gasteiger partial charge in [-0.2, -0.15) is 0 Å². The van der Waals surface area contributed by atoms with Crippen LogP contribution in [0.15, 0.2) is 24.3 Å². The predicted octanol–water partition coefficient (Wildman–Crippen LogP) is 0.426. The fraction of sp³-hybridized carbons (Fsp3) is 0.333. The summed E-state index contributed by atoms with van der Waals surface area (Å²) in [5.74, 6) is 0. The second-order valence-electron chi connectivity index (χ2n) is 2.86. The Labute approximate surface area is 79.3 Å². The topological polar surface area (TPSA) is 38.7 Å². The average Bonchev–Trinajstić information content (AvgIpc) is 2.18. The van der Waals surface area contributed by atoms with Gasteiger partial charge in [0, 0.05) is 19.4 Å². The molecule has 13 heavy (non-hydrogen) atoms. The second kappa shape index (κ2) is 4.02. The molecule has 0 fully saturated rings. The van der Waals surface area contributed by atoms with Crippen molar-refractivity contribution in [3.05, 3.63) is 29.8 Å². The summed E-state index contributed by atoms with van der Waals surface area (Å²) < 4.78 is 9.97. The molecule has 4 heteroatoms. The summed E-state index contributed by atoms with van der Waals surface area (Å²) in [6.45, 7) is 1.99. The Kier molecular flexibility index (Phi) is 3.21. The molecule has 1 rings (SSSR count). The quantitative estimate of drug-likeness (QED) is 0.716. The third-order valence-electron chi connectivity index (χ3n) is 1.97. The number of hydrogen-bond donors (Lipinski definition) is 1. The normalized spacial score (nSPS) is 11.7.